The summed E-state index contributed by atoms with van der Waals surface area (Å²) >= 11 is 0. The van der Waals surface area contributed by atoms with E-state index in [1.807, 2.05) is 30.2 Å². The zero-order valence-electron chi connectivity index (χ0n) is 14.1. The Balaban J connectivity index is 1.43. The highest BCUT2D eigenvalue weighted by Crippen LogP contribution is 2.27. The van der Waals surface area contributed by atoms with Gasteiger partial charge in [0.2, 0.25) is 0 Å². The summed E-state index contributed by atoms with van der Waals surface area (Å²) in [6.07, 6.45) is 5.83. The zero-order valence-corrected chi connectivity index (χ0v) is 14.1. The Morgan fingerprint density at radius 3 is 2.96 bits per heavy atom. The van der Waals surface area contributed by atoms with Crippen LogP contribution >= 0.6 is 0 Å². The van der Waals surface area contributed by atoms with Crippen molar-refractivity contribution in [2.24, 2.45) is 14.1 Å². The molecule has 1 fully saturated rings. The van der Waals surface area contributed by atoms with Gasteiger partial charge in [0.15, 0.2) is 0 Å². The number of aryl methyl sites for hydroxylation is 2. The Morgan fingerprint density at radius 2 is 2.17 bits per heavy atom. The molecule has 1 N–H and O–H groups in total. The fourth-order valence-electron chi connectivity index (χ4n) is 3.46. The van der Waals surface area contributed by atoms with E-state index in [9.17, 15) is 0 Å². The maximum Gasteiger partial charge on any atom is 0.123 e. The van der Waals surface area contributed by atoms with E-state index in [0.717, 1.165) is 43.0 Å². The van der Waals surface area contributed by atoms with Crippen LogP contribution in [0.15, 0.2) is 36.8 Å². The van der Waals surface area contributed by atoms with Crippen LogP contribution in [0.5, 0.6) is 0 Å². The van der Waals surface area contributed by atoms with Crippen molar-refractivity contribution in [3.8, 4) is 0 Å². The molecule has 0 amide bonds. The second-order valence-corrected chi connectivity index (χ2v) is 6.47. The van der Waals surface area contributed by atoms with E-state index >= 15 is 0 Å². The van der Waals surface area contributed by atoms with Gasteiger partial charge in [0.05, 0.1) is 35.8 Å². The van der Waals surface area contributed by atoms with Crippen LogP contribution in [0.2, 0.25) is 0 Å². The molecular weight excluding hydrogens is 302 g/mol. The van der Waals surface area contributed by atoms with Crippen molar-refractivity contribution in [2.45, 2.75) is 31.5 Å². The van der Waals surface area contributed by atoms with E-state index in [1.165, 1.54) is 5.52 Å². The predicted molar refractivity (Wildman–Crippen MR) is 92.5 cm³/mol. The molecule has 0 bridgehead atoms. The van der Waals surface area contributed by atoms with Crippen LogP contribution < -0.4 is 5.32 Å². The van der Waals surface area contributed by atoms with Gasteiger partial charge >= 0.3 is 0 Å². The lowest BCUT2D eigenvalue weighted by Gasteiger charge is -2.30. The molecule has 1 aliphatic heterocycles. The average Bonchev–Trinajstić information content (AvgIpc) is 3.17. The molecule has 3 heterocycles. The maximum absolute atomic E-state index is 5.94. The number of benzene rings is 1. The molecule has 126 valence electrons. The Labute approximate surface area is 141 Å². The summed E-state index contributed by atoms with van der Waals surface area (Å²) in [5.74, 6) is 1.07. The molecular formula is C18H23N5O. The summed E-state index contributed by atoms with van der Waals surface area (Å²) in [4.78, 5) is 8.94. The molecule has 0 aliphatic carbocycles. The van der Waals surface area contributed by atoms with Crippen molar-refractivity contribution in [1.29, 1.82) is 0 Å². The van der Waals surface area contributed by atoms with Crippen LogP contribution in [0.4, 0.5) is 0 Å². The summed E-state index contributed by atoms with van der Waals surface area (Å²) < 4.78 is 10.1. The van der Waals surface area contributed by atoms with Gasteiger partial charge in [0, 0.05) is 26.7 Å². The first-order chi connectivity index (χ1) is 11.7. The average molecular weight is 325 g/mol. The molecule has 3 aromatic rings. The van der Waals surface area contributed by atoms with Crippen molar-refractivity contribution in [3.05, 3.63) is 48.3 Å². The maximum atomic E-state index is 5.94. The second kappa shape index (κ2) is 6.37. The van der Waals surface area contributed by atoms with E-state index in [4.69, 9.17) is 9.72 Å². The number of rotatable bonds is 4. The van der Waals surface area contributed by atoms with Crippen LogP contribution in [0.25, 0.3) is 11.0 Å². The van der Waals surface area contributed by atoms with Gasteiger partial charge in [-0.2, -0.15) is 0 Å². The third kappa shape index (κ3) is 2.83. The van der Waals surface area contributed by atoms with Crippen molar-refractivity contribution >= 4 is 11.0 Å². The highest BCUT2D eigenvalue weighted by Gasteiger charge is 2.25. The summed E-state index contributed by atoms with van der Waals surface area (Å²) in [5, 5.41) is 3.66. The normalized spacial score (nSPS) is 21.4. The largest absolute Gasteiger partial charge is 0.372 e. The number of fused-ring (bicyclic) bond motifs is 1. The monoisotopic (exact) mass is 325 g/mol. The third-order valence-corrected chi connectivity index (χ3v) is 4.90. The fraction of sp³-hybridized carbons (Fsp3) is 0.444. The van der Waals surface area contributed by atoms with Crippen molar-refractivity contribution in [3.63, 3.8) is 0 Å². The Bertz CT molecular complexity index is 837. The number of aromatic nitrogens is 4. The molecule has 1 saturated heterocycles. The van der Waals surface area contributed by atoms with Gasteiger partial charge in [-0.3, -0.25) is 0 Å². The number of nitrogens with zero attached hydrogens (tertiary/aromatic N) is 4. The van der Waals surface area contributed by atoms with Crippen LogP contribution in [0, 0.1) is 0 Å². The molecule has 1 aliphatic rings. The number of hydrogen-bond acceptors (Lipinski definition) is 4. The quantitative estimate of drug-likeness (QED) is 0.800. The van der Waals surface area contributed by atoms with Crippen LogP contribution in [0.1, 0.15) is 30.5 Å². The molecule has 1 aromatic carbocycles. The first-order valence-electron chi connectivity index (χ1n) is 8.44. The summed E-state index contributed by atoms with van der Waals surface area (Å²) in [6, 6.07) is 8.69. The molecule has 2 atom stereocenters. The van der Waals surface area contributed by atoms with E-state index in [2.05, 4.69) is 40.1 Å². The van der Waals surface area contributed by atoms with Crippen LogP contribution in [0.3, 0.4) is 0 Å². The first-order valence-corrected chi connectivity index (χ1v) is 8.44. The number of imidazole rings is 2. The summed E-state index contributed by atoms with van der Waals surface area (Å²) in [7, 11) is 4.09. The zero-order chi connectivity index (χ0) is 16.5. The molecule has 0 unspecified atom stereocenters. The molecule has 0 spiro atoms. The lowest BCUT2D eigenvalue weighted by atomic mass is 10.0. The molecule has 6 nitrogen and oxygen atoms in total. The fourth-order valence-corrected chi connectivity index (χ4v) is 3.46. The van der Waals surface area contributed by atoms with E-state index in [0.29, 0.717) is 6.04 Å². The van der Waals surface area contributed by atoms with Crippen molar-refractivity contribution in [2.75, 3.05) is 6.61 Å². The first kappa shape index (κ1) is 15.4. The van der Waals surface area contributed by atoms with Gasteiger partial charge in [-0.05, 0) is 25.0 Å². The lowest BCUT2D eigenvalue weighted by molar-refractivity contribution is -0.00417. The van der Waals surface area contributed by atoms with E-state index in [-0.39, 0.29) is 6.10 Å². The van der Waals surface area contributed by atoms with Gasteiger partial charge in [0.25, 0.3) is 0 Å². The number of nitrogens with one attached hydrogen (secondary N) is 1. The minimum Gasteiger partial charge on any atom is -0.372 e. The van der Waals surface area contributed by atoms with Gasteiger partial charge < -0.3 is 19.2 Å². The van der Waals surface area contributed by atoms with E-state index < -0.39 is 0 Å². The molecule has 6 heteroatoms. The number of ether oxygens (including phenoxy) is 1. The Hall–Kier alpha value is -2.18. The lowest BCUT2D eigenvalue weighted by Crippen LogP contribution is -2.36. The van der Waals surface area contributed by atoms with Crippen molar-refractivity contribution < 1.29 is 4.74 Å². The highest BCUT2D eigenvalue weighted by atomic mass is 16.5. The number of para-hydroxylation sites is 2. The van der Waals surface area contributed by atoms with Crippen LogP contribution in [-0.4, -0.2) is 31.8 Å². The number of hydrogen-bond donors (Lipinski definition) is 1. The minimum absolute atomic E-state index is 0.115. The van der Waals surface area contributed by atoms with Gasteiger partial charge in [-0.15, -0.1) is 0 Å². The molecule has 0 radical (unpaired) electrons. The second-order valence-electron chi connectivity index (χ2n) is 6.47. The van der Waals surface area contributed by atoms with Crippen LogP contribution in [-0.2, 0) is 25.4 Å². The third-order valence-electron chi connectivity index (χ3n) is 4.90. The molecule has 4 rings (SSSR count). The predicted octanol–water partition coefficient (Wildman–Crippen LogP) is 2.32. The minimum atomic E-state index is 0.115. The Kier molecular flexibility index (Phi) is 4.08. The summed E-state index contributed by atoms with van der Waals surface area (Å²) in [5.41, 5.74) is 3.37. The van der Waals surface area contributed by atoms with E-state index in [1.54, 1.807) is 0 Å². The van der Waals surface area contributed by atoms with Gasteiger partial charge in [-0.1, -0.05) is 12.1 Å². The summed E-state index contributed by atoms with van der Waals surface area (Å²) in [6.45, 7) is 1.55. The smallest absolute Gasteiger partial charge is 0.123 e. The van der Waals surface area contributed by atoms with Gasteiger partial charge in [-0.25, -0.2) is 9.97 Å². The molecule has 24 heavy (non-hydrogen) atoms. The highest BCUT2D eigenvalue weighted by molar-refractivity contribution is 5.75. The standard InChI is InChI=1S/C18H23N5O/c1-22-12-19-10-16(22)17-9-13(7-8-24-17)20-11-18-21-14-5-3-4-6-15(14)23(18)2/h3-6,10,12-13,17,20H,7-9,11H2,1-2H3/t13-,17-/m1/s1. The Morgan fingerprint density at radius 1 is 1.29 bits per heavy atom. The van der Waals surface area contributed by atoms with Gasteiger partial charge in [0.1, 0.15) is 11.9 Å². The molecule has 2 aromatic heterocycles. The molecule has 0 saturated carbocycles. The topological polar surface area (TPSA) is 56.9 Å². The van der Waals surface area contributed by atoms with Crippen molar-refractivity contribution in [1.82, 2.24) is 24.4 Å². The SMILES string of the molecule is Cn1cncc1[C@H]1C[C@H](NCc2nc3ccccc3n2C)CCO1.